The summed E-state index contributed by atoms with van der Waals surface area (Å²) in [6, 6.07) is 4.79. The molecular formula is C14H18INO5S. The Morgan fingerprint density at radius 1 is 1.27 bits per heavy atom. The van der Waals surface area contributed by atoms with Crippen LogP contribution in [0.15, 0.2) is 23.1 Å². The Balaban J connectivity index is 2.15. The van der Waals surface area contributed by atoms with E-state index in [-0.39, 0.29) is 16.8 Å². The third-order valence-corrected chi connectivity index (χ3v) is 6.49. The Labute approximate surface area is 144 Å². The first-order valence-electron chi connectivity index (χ1n) is 6.81. The molecule has 0 aromatic heterocycles. The Bertz CT molecular complexity index is 653. The number of sulfonamides is 1. The minimum Gasteiger partial charge on any atom is -0.496 e. The molecule has 0 amide bonds. The van der Waals surface area contributed by atoms with E-state index in [1.165, 1.54) is 11.4 Å². The van der Waals surface area contributed by atoms with Gasteiger partial charge in [0.15, 0.2) is 0 Å². The van der Waals surface area contributed by atoms with E-state index in [0.717, 1.165) is 3.57 Å². The van der Waals surface area contributed by atoms with E-state index >= 15 is 0 Å². The second kappa shape index (κ2) is 7.14. The van der Waals surface area contributed by atoms with Crippen LogP contribution in [0.5, 0.6) is 5.75 Å². The Morgan fingerprint density at radius 2 is 1.91 bits per heavy atom. The van der Waals surface area contributed by atoms with Crippen molar-refractivity contribution in [1.82, 2.24) is 4.31 Å². The molecule has 1 aliphatic rings. The molecule has 1 aliphatic heterocycles. The lowest BCUT2D eigenvalue weighted by atomic mass is 9.99. The number of methoxy groups -OCH3 is 2. The fraction of sp³-hybridized carbons (Fsp3) is 0.500. The lowest BCUT2D eigenvalue weighted by molar-refractivity contribution is -0.146. The Kier molecular flexibility index (Phi) is 5.67. The molecule has 0 N–H and O–H groups in total. The minimum absolute atomic E-state index is 0.215. The van der Waals surface area contributed by atoms with E-state index in [9.17, 15) is 13.2 Å². The topological polar surface area (TPSA) is 72.9 Å². The first-order chi connectivity index (χ1) is 10.4. The van der Waals surface area contributed by atoms with Gasteiger partial charge in [0.1, 0.15) is 5.75 Å². The Hall–Kier alpha value is -0.870. The highest BCUT2D eigenvalue weighted by atomic mass is 127. The second-order valence-corrected chi connectivity index (χ2v) is 8.10. The van der Waals surface area contributed by atoms with Gasteiger partial charge in [0.25, 0.3) is 0 Å². The number of benzene rings is 1. The number of esters is 1. The number of piperidine rings is 1. The molecule has 2 rings (SSSR count). The number of ether oxygens (including phenoxy) is 2. The van der Waals surface area contributed by atoms with Crippen molar-refractivity contribution in [2.24, 2.45) is 5.92 Å². The van der Waals surface area contributed by atoms with Crippen molar-refractivity contribution >= 4 is 38.6 Å². The van der Waals surface area contributed by atoms with Gasteiger partial charge in [0.05, 0.1) is 28.6 Å². The van der Waals surface area contributed by atoms with Crippen molar-refractivity contribution in [3.8, 4) is 5.75 Å². The van der Waals surface area contributed by atoms with Crippen molar-refractivity contribution < 1.29 is 22.7 Å². The summed E-state index contributed by atoms with van der Waals surface area (Å²) in [6.07, 6.45) is 0.971. The molecule has 0 saturated carbocycles. The zero-order valence-corrected chi connectivity index (χ0v) is 15.4. The number of halogens is 1. The van der Waals surface area contributed by atoms with Gasteiger partial charge in [-0.2, -0.15) is 4.31 Å². The molecule has 8 heteroatoms. The number of carbonyl (C=O) groups excluding carboxylic acids is 1. The summed E-state index contributed by atoms with van der Waals surface area (Å²) in [7, 11) is -0.648. The maximum atomic E-state index is 12.7. The summed E-state index contributed by atoms with van der Waals surface area (Å²) < 4.78 is 37.3. The quantitative estimate of drug-likeness (QED) is 0.529. The van der Waals surface area contributed by atoms with E-state index in [4.69, 9.17) is 9.47 Å². The van der Waals surface area contributed by atoms with Gasteiger partial charge >= 0.3 is 5.97 Å². The molecule has 0 atom stereocenters. The molecule has 0 unspecified atom stereocenters. The summed E-state index contributed by atoms with van der Waals surface area (Å²) in [4.78, 5) is 11.7. The summed E-state index contributed by atoms with van der Waals surface area (Å²) in [6.45, 7) is 0.648. The lowest BCUT2D eigenvalue weighted by Gasteiger charge is -2.29. The SMILES string of the molecule is COC(=O)C1CCN(S(=O)(=O)c2ccc(OC)c(I)c2)CC1. The van der Waals surface area contributed by atoms with Gasteiger partial charge in [0, 0.05) is 13.1 Å². The highest BCUT2D eigenvalue weighted by Crippen LogP contribution is 2.28. The molecule has 1 heterocycles. The molecule has 0 radical (unpaired) electrons. The third kappa shape index (κ3) is 3.54. The maximum absolute atomic E-state index is 12.7. The van der Waals surface area contributed by atoms with Crippen molar-refractivity contribution in [2.75, 3.05) is 27.3 Å². The van der Waals surface area contributed by atoms with Crippen molar-refractivity contribution in [3.63, 3.8) is 0 Å². The second-order valence-electron chi connectivity index (χ2n) is 5.00. The molecule has 6 nitrogen and oxygen atoms in total. The molecule has 0 bridgehead atoms. The Morgan fingerprint density at radius 3 is 2.41 bits per heavy atom. The zero-order chi connectivity index (χ0) is 16.3. The van der Waals surface area contributed by atoms with Crippen LogP contribution >= 0.6 is 22.6 Å². The molecule has 1 fully saturated rings. The van der Waals surface area contributed by atoms with Crippen LogP contribution in [0.25, 0.3) is 0 Å². The third-order valence-electron chi connectivity index (χ3n) is 3.75. The van der Waals surface area contributed by atoms with E-state index < -0.39 is 10.0 Å². The van der Waals surface area contributed by atoms with E-state index in [1.807, 2.05) is 22.6 Å². The average molecular weight is 439 g/mol. The highest BCUT2D eigenvalue weighted by Gasteiger charge is 2.32. The summed E-state index contributed by atoms with van der Waals surface area (Å²) in [5, 5.41) is 0. The summed E-state index contributed by atoms with van der Waals surface area (Å²) in [5.41, 5.74) is 0. The maximum Gasteiger partial charge on any atom is 0.308 e. The molecule has 1 aromatic carbocycles. The molecule has 0 aliphatic carbocycles. The largest absolute Gasteiger partial charge is 0.496 e. The molecule has 122 valence electrons. The van der Waals surface area contributed by atoms with E-state index in [1.54, 1.807) is 25.3 Å². The fourth-order valence-corrected chi connectivity index (χ4v) is 4.90. The standard InChI is InChI=1S/C14H18INO5S/c1-20-13-4-3-11(9-12(13)15)22(18,19)16-7-5-10(6-8-16)14(17)21-2/h3-4,9-10H,5-8H2,1-2H3. The van der Waals surface area contributed by atoms with Gasteiger partial charge in [-0.3, -0.25) is 4.79 Å². The molecule has 0 spiro atoms. The molecular weight excluding hydrogens is 421 g/mol. The lowest BCUT2D eigenvalue weighted by Crippen LogP contribution is -2.40. The fourth-order valence-electron chi connectivity index (χ4n) is 2.46. The van der Waals surface area contributed by atoms with Crippen LogP contribution in [0.4, 0.5) is 0 Å². The molecule has 1 saturated heterocycles. The summed E-state index contributed by atoms with van der Waals surface area (Å²) in [5.74, 6) is 0.160. The van der Waals surface area contributed by atoms with E-state index in [0.29, 0.717) is 31.7 Å². The van der Waals surface area contributed by atoms with Crippen LogP contribution in [0.3, 0.4) is 0 Å². The number of nitrogens with zero attached hydrogens (tertiary/aromatic N) is 1. The minimum atomic E-state index is -3.54. The highest BCUT2D eigenvalue weighted by molar-refractivity contribution is 14.1. The molecule has 1 aromatic rings. The smallest absolute Gasteiger partial charge is 0.308 e. The van der Waals surface area contributed by atoms with Crippen LogP contribution in [-0.2, 0) is 19.6 Å². The van der Waals surface area contributed by atoms with Crippen LogP contribution in [0.1, 0.15) is 12.8 Å². The van der Waals surface area contributed by atoms with Crippen molar-refractivity contribution in [1.29, 1.82) is 0 Å². The predicted molar refractivity (Wildman–Crippen MR) is 89.2 cm³/mol. The van der Waals surface area contributed by atoms with Crippen LogP contribution in [0.2, 0.25) is 0 Å². The van der Waals surface area contributed by atoms with E-state index in [2.05, 4.69) is 0 Å². The van der Waals surface area contributed by atoms with Gasteiger partial charge in [-0.1, -0.05) is 0 Å². The van der Waals surface area contributed by atoms with Gasteiger partial charge in [-0.25, -0.2) is 8.42 Å². The van der Waals surface area contributed by atoms with Crippen molar-refractivity contribution in [2.45, 2.75) is 17.7 Å². The zero-order valence-electron chi connectivity index (χ0n) is 12.4. The predicted octanol–water partition coefficient (Wildman–Crippen LogP) is 1.87. The normalized spacial score (nSPS) is 17.2. The number of rotatable bonds is 4. The average Bonchev–Trinajstić information content (AvgIpc) is 2.54. The van der Waals surface area contributed by atoms with Crippen LogP contribution < -0.4 is 4.74 Å². The first-order valence-corrected chi connectivity index (χ1v) is 9.33. The summed E-state index contributed by atoms with van der Waals surface area (Å²) >= 11 is 2.04. The van der Waals surface area contributed by atoms with Gasteiger partial charge in [-0.05, 0) is 53.6 Å². The monoisotopic (exact) mass is 439 g/mol. The first kappa shape index (κ1) is 17.5. The number of hydrogen-bond acceptors (Lipinski definition) is 5. The molecule has 22 heavy (non-hydrogen) atoms. The van der Waals surface area contributed by atoms with Crippen molar-refractivity contribution in [3.05, 3.63) is 21.8 Å². The van der Waals surface area contributed by atoms with Gasteiger partial charge in [0.2, 0.25) is 10.0 Å². The van der Waals surface area contributed by atoms with Crippen LogP contribution in [-0.4, -0.2) is 46.0 Å². The number of carbonyl (C=O) groups is 1. The van der Waals surface area contributed by atoms with Gasteiger partial charge < -0.3 is 9.47 Å². The van der Waals surface area contributed by atoms with Gasteiger partial charge in [-0.15, -0.1) is 0 Å². The number of hydrogen-bond donors (Lipinski definition) is 0. The van der Waals surface area contributed by atoms with Crippen LogP contribution in [0, 0.1) is 9.49 Å².